The Morgan fingerprint density at radius 2 is 1.19 bits per heavy atom. The number of hydrogen-bond donors (Lipinski definition) is 2. The molecule has 2 N–H and O–H groups in total. The van der Waals surface area contributed by atoms with Gasteiger partial charge in [0.05, 0.1) is 25.4 Å². The average molecular weight is 304 g/mol. The zero-order valence-corrected chi connectivity index (χ0v) is 13.0. The predicted octanol–water partition coefficient (Wildman–Crippen LogP) is 1.57. The van der Waals surface area contributed by atoms with Crippen LogP contribution >= 0.6 is 0 Å². The van der Waals surface area contributed by atoms with Crippen molar-refractivity contribution in [3.63, 3.8) is 0 Å². The van der Waals surface area contributed by atoms with E-state index in [1.807, 2.05) is 0 Å². The molecule has 0 radical (unpaired) electrons. The summed E-state index contributed by atoms with van der Waals surface area (Å²) in [7, 11) is 0. The second-order valence-corrected chi connectivity index (χ2v) is 5.28. The molecule has 0 amide bonds. The van der Waals surface area contributed by atoms with Gasteiger partial charge >= 0.3 is 11.9 Å². The third-order valence-electron chi connectivity index (χ3n) is 2.82. The molecule has 0 spiro atoms. The highest BCUT2D eigenvalue weighted by Crippen LogP contribution is 2.03. The fourth-order valence-electron chi connectivity index (χ4n) is 1.65. The third-order valence-corrected chi connectivity index (χ3v) is 2.82. The summed E-state index contributed by atoms with van der Waals surface area (Å²) >= 11 is 0. The van der Waals surface area contributed by atoms with Crippen LogP contribution in [0.25, 0.3) is 0 Å². The molecule has 0 aliphatic carbocycles. The first kappa shape index (κ1) is 19.9. The highest BCUT2D eigenvalue weighted by molar-refractivity contribution is 5.72. The Hall–Kier alpha value is -1.14. The van der Waals surface area contributed by atoms with Crippen LogP contribution in [0.5, 0.6) is 0 Å². The molecule has 124 valence electrons. The second kappa shape index (κ2) is 12.6. The summed E-state index contributed by atoms with van der Waals surface area (Å²) < 4.78 is 9.94. The lowest BCUT2D eigenvalue weighted by Crippen LogP contribution is -2.11. The monoisotopic (exact) mass is 304 g/mol. The van der Waals surface area contributed by atoms with Crippen molar-refractivity contribution >= 4 is 11.9 Å². The van der Waals surface area contributed by atoms with Crippen LogP contribution in [-0.4, -0.2) is 47.6 Å². The van der Waals surface area contributed by atoms with E-state index >= 15 is 0 Å². The van der Waals surface area contributed by atoms with Gasteiger partial charge in [-0.1, -0.05) is 0 Å². The first-order valence-corrected chi connectivity index (χ1v) is 7.59. The van der Waals surface area contributed by atoms with E-state index in [9.17, 15) is 9.59 Å². The van der Waals surface area contributed by atoms with Crippen LogP contribution in [0.3, 0.4) is 0 Å². The minimum atomic E-state index is -0.382. The molecule has 0 aliphatic heterocycles. The molecular formula is C15H28O6. The number of hydrogen-bond acceptors (Lipinski definition) is 6. The summed E-state index contributed by atoms with van der Waals surface area (Å²) in [5, 5.41) is 18.1. The quantitative estimate of drug-likeness (QED) is 0.420. The first-order chi connectivity index (χ1) is 9.91. The Kier molecular flexibility index (Phi) is 11.9. The molecule has 21 heavy (non-hydrogen) atoms. The molecule has 0 aliphatic rings. The lowest BCUT2D eigenvalue weighted by Gasteiger charge is -2.07. The first-order valence-electron chi connectivity index (χ1n) is 7.59. The maximum absolute atomic E-state index is 11.3. The summed E-state index contributed by atoms with van der Waals surface area (Å²) in [6.45, 7) is 3.98. The van der Waals surface area contributed by atoms with Gasteiger partial charge in [-0.3, -0.25) is 9.59 Å². The van der Waals surface area contributed by atoms with E-state index in [2.05, 4.69) is 0 Å². The smallest absolute Gasteiger partial charge is 0.305 e. The molecule has 0 aromatic rings. The fourth-order valence-corrected chi connectivity index (χ4v) is 1.65. The van der Waals surface area contributed by atoms with Crippen molar-refractivity contribution in [1.29, 1.82) is 0 Å². The Morgan fingerprint density at radius 1 is 0.810 bits per heavy atom. The summed E-state index contributed by atoms with van der Waals surface area (Å²) in [5.74, 6) is -0.662. The molecule has 0 saturated carbocycles. The van der Waals surface area contributed by atoms with Gasteiger partial charge in [0, 0.05) is 12.8 Å². The fraction of sp³-hybridized carbons (Fsp3) is 0.867. The summed E-state index contributed by atoms with van der Waals surface area (Å²) in [6.07, 6.45) is 2.50. The topological polar surface area (TPSA) is 93.1 Å². The van der Waals surface area contributed by atoms with Gasteiger partial charge in [-0.2, -0.15) is 0 Å². The van der Waals surface area contributed by atoms with E-state index in [1.165, 1.54) is 0 Å². The highest BCUT2D eigenvalue weighted by Gasteiger charge is 2.07. The zero-order valence-electron chi connectivity index (χ0n) is 13.0. The lowest BCUT2D eigenvalue weighted by molar-refractivity contribution is -0.145. The number of ether oxygens (including phenoxy) is 2. The van der Waals surface area contributed by atoms with Gasteiger partial charge in [0.2, 0.25) is 0 Å². The van der Waals surface area contributed by atoms with E-state index < -0.39 is 0 Å². The standard InChI is InChI=1S/C15H28O6/c1-12(16)6-4-10-20-14(18)8-3-9-15(19)21-11-5-7-13(2)17/h12-13,16-17H,3-11H2,1-2H3. The maximum Gasteiger partial charge on any atom is 0.305 e. The van der Waals surface area contributed by atoms with Crippen molar-refractivity contribution < 1.29 is 29.3 Å². The Morgan fingerprint density at radius 3 is 1.52 bits per heavy atom. The SMILES string of the molecule is CC(O)CCCOC(=O)CCCC(=O)OCCCC(C)O. The van der Waals surface area contributed by atoms with Gasteiger partial charge in [0.25, 0.3) is 0 Å². The molecule has 0 fully saturated rings. The normalized spacial score (nSPS) is 13.5. The van der Waals surface area contributed by atoms with Crippen LogP contribution in [0.2, 0.25) is 0 Å². The van der Waals surface area contributed by atoms with Crippen molar-refractivity contribution in [3.05, 3.63) is 0 Å². The van der Waals surface area contributed by atoms with Gasteiger partial charge in [-0.15, -0.1) is 0 Å². The van der Waals surface area contributed by atoms with Crippen LogP contribution in [0.4, 0.5) is 0 Å². The molecule has 0 aromatic heterocycles. The largest absolute Gasteiger partial charge is 0.466 e. The predicted molar refractivity (Wildman–Crippen MR) is 77.6 cm³/mol. The number of carbonyl (C=O) groups excluding carboxylic acids is 2. The van der Waals surface area contributed by atoms with Crippen molar-refractivity contribution in [2.45, 2.75) is 71.0 Å². The van der Waals surface area contributed by atoms with Gasteiger partial charge in [-0.05, 0) is 46.0 Å². The molecule has 0 heterocycles. The van der Waals surface area contributed by atoms with E-state index in [1.54, 1.807) is 13.8 Å². The maximum atomic E-state index is 11.3. The number of carbonyl (C=O) groups is 2. The average Bonchev–Trinajstić information content (AvgIpc) is 2.39. The summed E-state index contributed by atoms with van der Waals surface area (Å²) in [5.41, 5.74) is 0. The van der Waals surface area contributed by atoms with Crippen LogP contribution in [0, 0.1) is 0 Å². The number of rotatable bonds is 12. The van der Waals surface area contributed by atoms with Gasteiger partial charge < -0.3 is 19.7 Å². The number of aliphatic hydroxyl groups is 2. The van der Waals surface area contributed by atoms with Crippen LogP contribution in [0.1, 0.15) is 58.8 Å². The van der Waals surface area contributed by atoms with Crippen molar-refractivity contribution in [1.82, 2.24) is 0 Å². The van der Waals surface area contributed by atoms with Crippen LogP contribution < -0.4 is 0 Å². The third kappa shape index (κ3) is 15.1. The van der Waals surface area contributed by atoms with Crippen LogP contribution in [-0.2, 0) is 19.1 Å². The Labute approximate surface area is 126 Å². The van der Waals surface area contributed by atoms with Gasteiger partial charge in [0.1, 0.15) is 0 Å². The Balaban J connectivity index is 3.43. The zero-order chi connectivity index (χ0) is 16.1. The molecule has 0 saturated heterocycles. The molecule has 6 nitrogen and oxygen atoms in total. The molecule has 2 atom stereocenters. The van der Waals surface area contributed by atoms with Gasteiger partial charge in [0.15, 0.2) is 0 Å². The number of esters is 2. The molecule has 0 rings (SSSR count). The van der Waals surface area contributed by atoms with E-state index in [0.29, 0.717) is 45.3 Å². The van der Waals surface area contributed by atoms with Crippen molar-refractivity contribution in [2.24, 2.45) is 0 Å². The molecule has 6 heteroatoms. The molecular weight excluding hydrogens is 276 g/mol. The highest BCUT2D eigenvalue weighted by atomic mass is 16.5. The van der Waals surface area contributed by atoms with E-state index in [0.717, 1.165) is 0 Å². The summed E-state index contributed by atoms with van der Waals surface area (Å²) in [6, 6.07) is 0. The van der Waals surface area contributed by atoms with Crippen LogP contribution in [0.15, 0.2) is 0 Å². The Bertz CT molecular complexity index is 260. The molecule has 2 unspecified atom stereocenters. The van der Waals surface area contributed by atoms with E-state index in [4.69, 9.17) is 19.7 Å². The minimum Gasteiger partial charge on any atom is -0.466 e. The second-order valence-electron chi connectivity index (χ2n) is 5.28. The van der Waals surface area contributed by atoms with Crippen molar-refractivity contribution in [2.75, 3.05) is 13.2 Å². The molecule has 0 aromatic carbocycles. The molecule has 0 bridgehead atoms. The number of aliphatic hydroxyl groups excluding tert-OH is 2. The lowest BCUT2D eigenvalue weighted by atomic mass is 10.2. The van der Waals surface area contributed by atoms with Gasteiger partial charge in [-0.25, -0.2) is 0 Å². The van der Waals surface area contributed by atoms with E-state index in [-0.39, 0.29) is 37.0 Å². The summed E-state index contributed by atoms with van der Waals surface area (Å²) in [4.78, 5) is 22.7. The van der Waals surface area contributed by atoms with Crippen molar-refractivity contribution in [3.8, 4) is 0 Å². The minimum absolute atomic E-state index is 0.192.